The van der Waals surface area contributed by atoms with E-state index in [2.05, 4.69) is 0 Å². The van der Waals surface area contributed by atoms with Crippen LogP contribution < -0.4 is 5.73 Å². The smallest absolute Gasteiger partial charge is 0.339 e. The average Bonchev–Trinajstić information content (AvgIpc) is 2.51. The third-order valence-corrected chi connectivity index (χ3v) is 4.15. The SMILES string of the molecule is NC(=O)N(O)C1Cc2sc3ccccc3c21. The van der Waals surface area contributed by atoms with Crippen LogP contribution in [0.4, 0.5) is 4.79 Å². The van der Waals surface area contributed by atoms with Crippen molar-refractivity contribution in [1.82, 2.24) is 5.06 Å². The van der Waals surface area contributed by atoms with Gasteiger partial charge in [-0.15, -0.1) is 11.3 Å². The van der Waals surface area contributed by atoms with Gasteiger partial charge in [-0.1, -0.05) is 18.2 Å². The van der Waals surface area contributed by atoms with Gasteiger partial charge in [0.15, 0.2) is 0 Å². The molecule has 5 heteroatoms. The Hall–Kier alpha value is -1.59. The molecule has 1 aliphatic rings. The summed E-state index contributed by atoms with van der Waals surface area (Å²) in [5, 5.41) is 11.3. The van der Waals surface area contributed by atoms with Gasteiger partial charge in [0.05, 0.1) is 6.04 Å². The molecule has 1 aliphatic carbocycles. The predicted octanol–water partition coefficient (Wildman–Crippen LogP) is 2.27. The molecule has 0 fully saturated rings. The highest BCUT2D eigenvalue weighted by Gasteiger charge is 2.36. The number of urea groups is 1. The molecule has 2 aromatic rings. The van der Waals surface area contributed by atoms with Gasteiger partial charge in [-0.25, -0.2) is 4.79 Å². The first-order chi connectivity index (χ1) is 7.68. The Balaban J connectivity index is 2.09. The Labute approximate surface area is 95.9 Å². The van der Waals surface area contributed by atoms with E-state index in [0.717, 1.165) is 10.9 Å². The highest BCUT2D eigenvalue weighted by Crippen LogP contribution is 2.47. The van der Waals surface area contributed by atoms with Crippen molar-refractivity contribution in [3.63, 3.8) is 0 Å². The number of amides is 2. The van der Waals surface area contributed by atoms with Gasteiger partial charge in [-0.3, -0.25) is 5.21 Å². The van der Waals surface area contributed by atoms with E-state index in [1.54, 1.807) is 11.3 Å². The van der Waals surface area contributed by atoms with E-state index in [0.29, 0.717) is 11.5 Å². The number of rotatable bonds is 1. The highest BCUT2D eigenvalue weighted by molar-refractivity contribution is 7.19. The van der Waals surface area contributed by atoms with E-state index in [1.807, 2.05) is 24.3 Å². The molecule has 0 saturated heterocycles. The van der Waals surface area contributed by atoms with Crippen molar-refractivity contribution in [2.24, 2.45) is 5.73 Å². The van der Waals surface area contributed by atoms with Gasteiger partial charge in [0.2, 0.25) is 0 Å². The lowest BCUT2D eigenvalue weighted by Crippen LogP contribution is -2.40. The van der Waals surface area contributed by atoms with Crippen LogP contribution in [0.15, 0.2) is 24.3 Å². The van der Waals surface area contributed by atoms with E-state index in [1.165, 1.54) is 9.58 Å². The number of nitrogens with zero attached hydrogens (tertiary/aromatic N) is 1. The zero-order chi connectivity index (χ0) is 11.3. The number of carbonyl (C=O) groups excluding carboxylic acids is 1. The number of benzene rings is 1. The summed E-state index contributed by atoms with van der Waals surface area (Å²) in [5.41, 5.74) is 6.10. The minimum absolute atomic E-state index is 0.274. The van der Waals surface area contributed by atoms with E-state index < -0.39 is 6.03 Å². The van der Waals surface area contributed by atoms with E-state index >= 15 is 0 Å². The van der Waals surface area contributed by atoms with Crippen molar-refractivity contribution >= 4 is 27.5 Å². The quantitative estimate of drug-likeness (QED) is 0.587. The van der Waals surface area contributed by atoms with Crippen molar-refractivity contribution in [1.29, 1.82) is 0 Å². The summed E-state index contributed by atoms with van der Waals surface area (Å²) in [6.07, 6.45) is 0.689. The largest absolute Gasteiger partial charge is 0.350 e. The molecule has 0 saturated carbocycles. The van der Waals surface area contributed by atoms with Crippen molar-refractivity contribution < 1.29 is 10.0 Å². The van der Waals surface area contributed by atoms with Crippen LogP contribution in [0, 0.1) is 0 Å². The summed E-state index contributed by atoms with van der Waals surface area (Å²) < 4.78 is 1.19. The molecule has 82 valence electrons. The van der Waals surface area contributed by atoms with Crippen molar-refractivity contribution in [3.05, 3.63) is 34.7 Å². The molecule has 0 radical (unpaired) electrons. The first kappa shape index (κ1) is 9.62. The maximum atomic E-state index is 10.9. The molecule has 16 heavy (non-hydrogen) atoms. The molecule has 0 bridgehead atoms. The Morgan fingerprint density at radius 1 is 1.50 bits per heavy atom. The number of hydrogen-bond acceptors (Lipinski definition) is 3. The fourth-order valence-electron chi connectivity index (χ4n) is 2.14. The molecular formula is C11H10N2O2S. The molecule has 1 atom stereocenters. The predicted molar refractivity (Wildman–Crippen MR) is 61.5 cm³/mol. The number of thiophene rings is 1. The number of hydrogen-bond donors (Lipinski definition) is 2. The number of fused-ring (bicyclic) bond motifs is 3. The van der Waals surface area contributed by atoms with Crippen LogP contribution in [0.2, 0.25) is 0 Å². The third-order valence-electron chi connectivity index (χ3n) is 2.94. The molecule has 3 rings (SSSR count). The summed E-state index contributed by atoms with van der Waals surface area (Å²) in [6.45, 7) is 0. The maximum Gasteiger partial charge on any atom is 0.339 e. The van der Waals surface area contributed by atoms with Gasteiger partial charge < -0.3 is 5.73 Å². The molecule has 1 unspecified atom stereocenters. The van der Waals surface area contributed by atoms with Crippen molar-refractivity contribution in [2.75, 3.05) is 0 Å². The lowest BCUT2D eigenvalue weighted by molar-refractivity contribution is -0.0820. The second-order valence-electron chi connectivity index (χ2n) is 3.84. The molecule has 1 aromatic heterocycles. The Kier molecular flexibility index (Phi) is 1.92. The minimum atomic E-state index is -0.800. The molecular weight excluding hydrogens is 224 g/mol. The van der Waals surface area contributed by atoms with Gasteiger partial charge in [-0.05, 0) is 17.0 Å². The van der Waals surface area contributed by atoms with Gasteiger partial charge in [0.25, 0.3) is 0 Å². The summed E-state index contributed by atoms with van der Waals surface area (Å²) in [4.78, 5) is 12.1. The normalized spacial score (nSPS) is 17.9. The van der Waals surface area contributed by atoms with Crippen LogP contribution in [0.25, 0.3) is 10.1 Å². The standard InChI is InChI=1S/C11H10N2O2S/c12-11(14)13(15)7-5-9-10(7)6-3-1-2-4-8(6)16-9/h1-4,7,15H,5H2,(H2,12,14). The number of hydroxylamine groups is 2. The molecule has 0 spiro atoms. The van der Waals surface area contributed by atoms with E-state index in [-0.39, 0.29) is 6.04 Å². The van der Waals surface area contributed by atoms with Crippen LogP contribution >= 0.6 is 11.3 Å². The lowest BCUT2D eigenvalue weighted by Gasteiger charge is -2.32. The second kappa shape index (κ2) is 3.20. The summed E-state index contributed by atoms with van der Waals surface area (Å²) in [5.74, 6) is 0. The van der Waals surface area contributed by atoms with Crippen LogP contribution in [0.3, 0.4) is 0 Å². The van der Waals surface area contributed by atoms with Gasteiger partial charge in [0, 0.05) is 16.0 Å². The van der Waals surface area contributed by atoms with Crippen LogP contribution in [-0.2, 0) is 6.42 Å². The van der Waals surface area contributed by atoms with Gasteiger partial charge >= 0.3 is 6.03 Å². The fraction of sp³-hybridized carbons (Fsp3) is 0.182. The zero-order valence-electron chi connectivity index (χ0n) is 8.38. The molecule has 4 nitrogen and oxygen atoms in total. The first-order valence-corrected chi connectivity index (χ1v) is 5.78. The molecule has 1 heterocycles. The van der Waals surface area contributed by atoms with E-state index in [9.17, 15) is 10.0 Å². The second-order valence-corrected chi connectivity index (χ2v) is 4.97. The van der Waals surface area contributed by atoms with Gasteiger partial charge in [-0.2, -0.15) is 5.06 Å². The summed E-state index contributed by atoms with van der Waals surface area (Å²) in [6, 6.07) is 6.91. The third kappa shape index (κ3) is 1.15. The molecule has 0 aliphatic heterocycles. The summed E-state index contributed by atoms with van der Waals surface area (Å²) >= 11 is 1.71. The lowest BCUT2D eigenvalue weighted by atomic mass is 9.88. The van der Waals surface area contributed by atoms with Crippen molar-refractivity contribution in [3.8, 4) is 0 Å². The number of nitrogens with two attached hydrogens (primary N) is 1. The van der Waals surface area contributed by atoms with Crippen LogP contribution in [-0.4, -0.2) is 16.3 Å². The van der Waals surface area contributed by atoms with E-state index in [4.69, 9.17) is 5.73 Å². The monoisotopic (exact) mass is 234 g/mol. The van der Waals surface area contributed by atoms with Crippen LogP contribution in [0.1, 0.15) is 16.5 Å². The Morgan fingerprint density at radius 3 is 3.00 bits per heavy atom. The van der Waals surface area contributed by atoms with Gasteiger partial charge in [0.1, 0.15) is 0 Å². The molecule has 2 amide bonds. The highest BCUT2D eigenvalue weighted by atomic mass is 32.1. The van der Waals surface area contributed by atoms with Crippen LogP contribution in [0.5, 0.6) is 0 Å². The average molecular weight is 234 g/mol. The Bertz CT molecular complexity index is 578. The number of primary amides is 1. The molecule has 3 N–H and O–H groups in total. The minimum Gasteiger partial charge on any atom is -0.350 e. The zero-order valence-corrected chi connectivity index (χ0v) is 9.20. The van der Waals surface area contributed by atoms with Crippen molar-refractivity contribution in [2.45, 2.75) is 12.5 Å². The topological polar surface area (TPSA) is 66.6 Å². The maximum absolute atomic E-state index is 10.9. The summed E-state index contributed by atoms with van der Waals surface area (Å²) in [7, 11) is 0. The first-order valence-electron chi connectivity index (χ1n) is 4.96. The fourth-order valence-corrected chi connectivity index (χ4v) is 3.44. The Morgan fingerprint density at radius 2 is 2.25 bits per heavy atom. The molecule has 1 aromatic carbocycles. The number of carbonyl (C=O) groups is 1.